The number of nitrogens with zero attached hydrogens (tertiary/aromatic N) is 4. The maximum Gasteiger partial charge on any atom is 0.516 e. The summed E-state index contributed by atoms with van der Waals surface area (Å²) in [6, 6.07) is 3.75. The molecular formula is C15H13BrF4N6O4S. The van der Waals surface area contributed by atoms with E-state index in [-0.39, 0.29) is 57.0 Å². The second-order valence-electron chi connectivity index (χ2n) is 5.99. The molecule has 1 aromatic carbocycles. The van der Waals surface area contributed by atoms with Crippen molar-refractivity contribution in [3.63, 3.8) is 0 Å². The molecule has 3 rings (SSSR count). The molecule has 1 aromatic heterocycles. The largest absolute Gasteiger partial charge is 0.516 e. The van der Waals surface area contributed by atoms with E-state index < -0.39 is 21.3 Å². The van der Waals surface area contributed by atoms with Crippen molar-refractivity contribution in [3.8, 4) is 0 Å². The molecule has 31 heavy (non-hydrogen) atoms. The molecule has 16 heteroatoms. The summed E-state index contributed by atoms with van der Waals surface area (Å²) in [5, 5.41) is 19.1. The fourth-order valence-corrected chi connectivity index (χ4v) is 4.01. The molecule has 168 valence electrons. The number of hydroxylamine groups is 1. The van der Waals surface area contributed by atoms with Crippen LogP contribution in [-0.4, -0.2) is 52.7 Å². The van der Waals surface area contributed by atoms with Crippen molar-refractivity contribution < 1.29 is 35.8 Å². The van der Waals surface area contributed by atoms with Gasteiger partial charge in [0.25, 0.3) is 0 Å². The van der Waals surface area contributed by atoms with E-state index in [4.69, 9.17) is 0 Å². The van der Waals surface area contributed by atoms with Crippen LogP contribution in [0.25, 0.3) is 0 Å². The van der Waals surface area contributed by atoms with Gasteiger partial charge in [-0.05, 0) is 50.9 Å². The minimum absolute atomic E-state index is 0.0978. The zero-order valence-corrected chi connectivity index (χ0v) is 17.6. The van der Waals surface area contributed by atoms with Crippen LogP contribution in [0.3, 0.4) is 0 Å². The Morgan fingerprint density at radius 2 is 2.10 bits per heavy atom. The number of alkyl halides is 3. The minimum Gasteiger partial charge on any atom is -0.360 e. The molecule has 0 bridgehead atoms. The molecule has 0 aliphatic carbocycles. The Morgan fingerprint density at radius 1 is 1.35 bits per heavy atom. The van der Waals surface area contributed by atoms with Gasteiger partial charge in [0.05, 0.1) is 16.7 Å². The van der Waals surface area contributed by atoms with Crippen LogP contribution in [0.1, 0.15) is 12.1 Å². The van der Waals surface area contributed by atoms with Gasteiger partial charge in [-0.15, -0.1) is 0 Å². The van der Waals surface area contributed by atoms with E-state index in [1.165, 1.54) is 18.2 Å². The van der Waals surface area contributed by atoms with E-state index in [1.807, 2.05) is 0 Å². The first-order valence-corrected chi connectivity index (χ1v) is 10.6. The predicted molar refractivity (Wildman–Crippen MR) is 102 cm³/mol. The highest BCUT2D eigenvalue weighted by molar-refractivity contribution is 9.10. The van der Waals surface area contributed by atoms with Crippen LogP contribution in [0.4, 0.5) is 29.1 Å². The fraction of sp³-hybridized carbons (Fsp3) is 0.267. The standard InChI is InChI=1S/C15H13BrF4N6O4S/c16-10-6-8(3-4-11(10)17)22-14(23-27)12-13(25-30-24-12)21-7-9-2-1-5-26(9)31(28,29)15(18,19)20/h2-4,6,27H,1,5,7H2,(H,21,25)(H,22,23). The van der Waals surface area contributed by atoms with Gasteiger partial charge in [-0.25, -0.2) is 14.0 Å². The van der Waals surface area contributed by atoms with Crippen LogP contribution in [-0.2, 0) is 10.0 Å². The van der Waals surface area contributed by atoms with Crippen LogP contribution >= 0.6 is 15.9 Å². The third kappa shape index (κ3) is 4.80. The van der Waals surface area contributed by atoms with Crippen molar-refractivity contribution in [1.29, 1.82) is 0 Å². The first kappa shape index (κ1) is 23.0. The summed E-state index contributed by atoms with van der Waals surface area (Å²) in [5.74, 6) is -0.952. The number of anilines is 1. The summed E-state index contributed by atoms with van der Waals surface area (Å²) in [7, 11) is -5.54. The quantitative estimate of drug-likeness (QED) is 0.225. The molecule has 3 N–H and O–H groups in total. The molecule has 10 nitrogen and oxygen atoms in total. The average Bonchev–Trinajstić information content (AvgIpc) is 3.35. The minimum atomic E-state index is -5.54. The van der Waals surface area contributed by atoms with Crippen molar-refractivity contribution in [2.24, 2.45) is 4.99 Å². The maximum atomic E-state index is 13.4. The first-order chi connectivity index (χ1) is 14.5. The molecule has 0 amide bonds. The summed E-state index contributed by atoms with van der Waals surface area (Å²) in [4.78, 5) is 4.04. The smallest absolute Gasteiger partial charge is 0.360 e. The molecule has 2 heterocycles. The van der Waals surface area contributed by atoms with Gasteiger partial charge < -0.3 is 5.32 Å². The van der Waals surface area contributed by atoms with Gasteiger partial charge in [-0.2, -0.15) is 21.6 Å². The number of halogens is 5. The average molecular weight is 529 g/mol. The van der Waals surface area contributed by atoms with Crippen LogP contribution in [0, 0.1) is 5.82 Å². The Morgan fingerprint density at radius 3 is 2.74 bits per heavy atom. The number of rotatable bonds is 6. The van der Waals surface area contributed by atoms with Crippen LogP contribution < -0.4 is 10.8 Å². The number of hydrogen-bond acceptors (Lipinski definition) is 8. The van der Waals surface area contributed by atoms with E-state index in [0.29, 0.717) is 0 Å². The Hall–Kier alpha value is -2.72. The molecule has 0 spiro atoms. The zero-order chi connectivity index (χ0) is 22.8. The third-order valence-electron chi connectivity index (χ3n) is 4.01. The summed E-state index contributed by atoms with van der Waals surface area (Å²) >= 11 is 2.99. The van der Waals surface area contributed by atoms with Gasteiger partial charge >= 0.3 is 15.5 Å². The van der Waals surface area contributed by atoms with Gasteiger partial charge in [0.15, 0.2) is 11.5 Å². The Bertz CT molecular complexity index is 1130. The molecule has 0 saturated carbocycles. The van der Waals surface area contributed by atoms with Crippen molar-refractivity contribution >= 4 is 43.3 Å². The number of sulfonamides is 1. The topological polar surface area (TPSA) is 133 Å². The van der Waals surface area contributed by atoms with Crippen LogP contribution in [0.15, 0.2) is 44.1 Å². The molecule has 0 fully saturated rings. The summed E-state index contributed by atoms with van der Waals surface area (Å²) in [6.07, 6.45) is 1.43. The lowest BCUT2D eigenvalue weighted by Gasteiger charge is -2.23. The normalized spacial score (nSPS) is 15.2. The monoisotopic (exact) mass is 528 g/mol. The van der Waals surface area contributed by atoms with Gasteiger partial charge in [0, 0.05) is 12.2 Å². The highest BCUT2D eigenvalue weighted by Crippen LogP contribution is 2.32. The number of aliphatic imine (C=N–C) groups is 1. The molecule has 0 atom stereocenters. The molecule has 2 aromatic rings. The summed E-state index contributed by atoms with van der Waals surface area (Å²) in [6.45, 7) is -0.718. The summed E-state index contributed by atoms with van der Waals surface area (Å²) < 4.78 is 80.3. The zero-order valence-electron chi connectivity index (χ0n) is 15.2. The molecule has 0 radical (unpaired) electrons. The number of hydrogen-bond donors (Lipinski definition) is 3. The van der Waals surface area contributed by atoms with Crippen molar-refractivity contribution in [1.82, 2.24) is 20.1 Å². The molecule has 0 saturated heterocycles. The second kappa shape index (κ2) is 8.80. The molecule has 1 aliphatic heterocycles. The van der Waals surface area contributed by atoms with Gasteiger partial charge in [-0.3, -0.25) is 15.0 Å². The highest BCUT2D eigenvalue weighted by atomic mass is 79.9. The molecule has 1 aliphatic rings. The molecular weight excluding hydrogens is 516 g/mol. The lowest BCUT2D eigenvalue weighted by atomic mass is 10.3. The van der Waals surface area contributed by atoms with Crippen molar-refractivity contribution in [3.05, 3.63) is 46.0 Å². The van der Waals surface area contributed by atoms with Gasteiger partial charge in [0.2, 0.25) is 5.82 Å². The number of amidine groups is 1. The van der Waals surface area contributed by atoms with Gasteiger partial charge in [0.1, 0.15) is 5.82 Å². The number of nitrogens with one attached hydrogen (secondary N) is 2. The highest BCUT2D eigenvalue weighted by Gasteiger charge is 2.51. The van der Waals surface area contributed by atoms with Crippen molar-refractivity contribution in [2.45, 2.75) is 11.9 Å². The summed E-state index contributed by atoms with van der Waals surface area (Å²) in [5.41, 5.74) is -3.77. The van der Waals surface area contributed by atoms with Crippen LogP contribution in [0.5, 0.6) is 0 Å². The third-order valence-corrected chi connectivity index (χ3v) is 6.20. The SMILES string of the molecule is O=S(=O)(N1CCC=C1CNc1nonc1C(=Nc1ccc(F)c(Br)c1)NO)C(F)(F)F. The van der Waals surface area contributed by atoms with E-state index in [2.05, 4.69) is 41.2 Å². The van der Waals surface area contributed by atoms with E-state index >= 15 is 0 Å². The first-order valence-electron chi connectivity index (χ1n) is 8.33. The fourth-order valence-electron chi connectivity index (χ4n) is 2.60. The lowest BCUT2D eigenvalue weighted by Crippen LogP contribution is -2.40. The number of aromatic nitrogens is 2. The lowest BCUT2D eigenvalue weighted by molar-refractivity contribution is -0.0478. The van der Waals surface area contributed by atoms with E-state index in [1.54, 1.807) is 5.48 Å². The second-order valence-corrected chi connectivity index (χ2v) is 8.70. The van der Waals surface area contributed by atoms with Crippen LogP contribution in [0.2, 0.25) is 0 Å². The Kier molecular flexibility index (Phi) is 6.51. The maximum absolute atomic E-state index is 13.4. The Labute approximate surface area is 180 Å². The van der Waals surface area contributed by atoms with Gasteiger partial charge in [-0.1, -0.05) is 6.08 Å². The Balaban J connectivity index is 1.80. The van der Waals surface area contributed by atoms with Crippen molar-refractivity contribution in [2.75, 3.05) is 18.4 Å². The van der Waals surface area contributed by atoms with E-state index in [0.717, 1.165) is 6.07 Å². The number of benzene rings is 1. The molecule has 0 unspecified atom stereocenters. The van der Waals surface area contributed by atoms with E-state index in [9.17, 15) is 31.2 Å². The predicted octanol–water partition coefficient (Wildman–Crippen LogP) is 2.88.